The van der Waals surface area contributed by atoms with E-state index in [9.17, 15) is 18.4 Å². The maximum Gasteiger partial charge on any atom is 0.238 e. The van der Waals surface area contributed by atoms with Crippen molar-refractivity contribution in [1.82, 2.24) is 5.32 Å². The molecular formula is C20H18F2N4O3S. The molecule has 0 radical (unpaired) electrons. The summed E-state index contributed by atoms with van der Waals surface area (Å²) < 4.78 is 32.5. The molecule has 0 saturated carbocycles. The van der Waals surface area contributed by atoms with Crippen LogP contribution in [-0.2, 0) is 9.59 Å². The number of amides is 2. The first-order chi connectivity index (χ1) is 14.4. The molecule has 2 N–H and O–H groups in total. The number of methoxy groups -OCH3 is 1. The fourth-order valence-corrected chi connectivity index (χ4v) is 3.52. The van der Waals surface area contributed by atoms with Gasteiger partial charge >= 0.3 is 0 Å². The minimum atomic E-state index is -0.800. The average molecular weight is 432 g/mol. The second-order valence-electron chi connectivity index (χ2n) is 6.27. The van der Waals surface area contributed by atoms with Crippen LogP contribution in [0.1, 0.15) is 18.9 Å². The SMILES string of the molecule is COc1ccc(/C(C)=N/N=C2\NC(=O)C[C@@H](C(=O)Nc3ccccc3F)S2)cc1F. The maximum atomic E-state index is 13.9. The van der Waals surface area contributed by atoms with Gasteiger partial charge in [-0.3, -0.25) is 9.59 Å². The summed E-state index contributed by atoms with van der Waals surface area (Å²) >= 11 is 0.997. The number of carbonyl (C=O) groups is 2. The van der Waals surface area contributed by atoms with Crippen LogP contribution in [0.4, 0.5) is 14.5 Å². The number of hydrogen-bond acceptors (Lipinski definition) is 6. The van der Waals surface area contributed by atoms with E-state index in [0.717, 1.165) is 11.8 Å². The van der Waals surface area contributed by atoms with Crippen molar-refractivity contribution in [1.29, 1.82) is 0 Å². The number of ether oxygens (including phenoxy) is 1. The number of amidine groups is 1. The topological polar surface area (TPSA) is 92.2 Å². The van der Waals surface area contributed by atoms with E-state index in [4.69, 9.17) is 4.74 Å². The van der Waals surface area contributed by atoms with Crippen LogP contribution in [0.25, 0.3) is 0 Å². The quantitative estimate of drug-likeness (QED) is 0.560. The fourth-order valence-electron chi connectivity index (χ4n) is 2.58. The number of halogens is 2. The Labute approximate surface area is 175 Å². The van der Waals surface area contributed by atoms with Crippen LogP contribution in [0.15, 0.2) is 52.7 Å². The van der Waals surface area contributed by atoms with E-state index in [1.807, 2.05) is 0 Å². The predicted molar refractivity (Wildman–Crippen MR) is 112 cm³/mol. The average Bonchev–Trinajstić information content (AvgIpc) is 2.73. The lowest BCUT2D eigenvalue weighted by Gasteiger charge is -2.21. The van der Waals surface area contributed by atoms with Crippen LogP contribution in [0.5, 0.6) is 5.75 Å². The van der Waals surface area contributed by atoms with Gasteiger partial charge in [0.15, 0.2) is 16.7 Å². The lowest BCUT2D eigenvalue weighted by Crippen LogP contribution is -2.42. The van der Waals surface area contributed by atoms with Crippen LogP contribution < -0.4 is 15.4 Å². The third kappa shape index (κ3) is 5.20. The van der Waals surface area contributed by atoms with Crippen LogP contribution in [-0.4, -0.2) is 35.1 Å². The van der Waals surface area contributed by atoms with Crippen molar-refractivity contribution < 1.29 is 23.1 Å². The number of thioether (sulfide) groups is 1. The zero-order valence-corrected chi connectivity index (χ0v) is 16.9. The number of para-hydroxylation sites is 1. The van der Waals surface area contributed by atoms with Gasteiger partial charge in [-0.15, -0.1) is 5.10 Å². The molecule has 156 valence electrons. The molecule has 2 aromatic carbocycles. The summed E-state index contributed by atoms with van der Waals surface area (Å²) in [7, 11) is 1.37. The highest BCUT2D eigenvalue weighted by atomic mass is 32.2. The molecule has 10 heteroatoms. The summed E-state index contributed by atoms with van der Waals surface area (Å²) in [5.41, 5.74) is 0.915. The van der Waals surface area contributed by atoms with E-state index >= 15 is 0 Å². The second kappa shape index (κ2) is 9.49. The predicted octanol–water partition coefficient (Wildman–Crippen LogP) is 3.31. The molecule has 0 aromatic heterocycles. The molecule has 7 nitrogen and oxygen atoms in total. The standard InChI is InChI=1S/C20H18F2N4O3S/c1-11(12-7-8-16(29-2)14(22)9-12)25-26-20-24-18(27)10-17(30-20)19(28)23-15-6-4-3-5-13(15)21/h3-9,17H,10H2,1-2H3,(H,23,28)(H,24,26,27)/b25-11+/t17-/m0/s1. The third-order valence-corrected chi connectivity index (χ3v) is 5.23. The van der Waals surface area contributed by atoms with E-state index in [-0.39, 0.29) is 23.0 Å². The van der Waals surface area contributed by atoms with Crippen LogP contribution in [0.3, 0.4) is 0 Å². The Balaban J connectivity index is 1.72. The number of anilines is 1. The Morgan fingerprint density at radius 3 is 2.70 bits per heavy atom. The van der Waals surface area contributed by atoms with E-state index in [0.29, 0.717) is 11.3 Å². The lowest BCUT2D eigenvalue weighted by molar-refractivity contribution is -0.123. The molecule has 1 aliphatic rings. The molecule has 1 atom stereocenters. The van der Waals surface area contributed by atoms with Crippen LogP contribution in [0, 0.1) is 11.6 Å². The van der Waals surface area contributed by atoms with Gasteiger partial charge in [0.05, 0.1) is 18.5 Å². The monoisotopic (exact) mass is 432 g/mol. The zero-order chi connectivity index (χ0) is 21.7. The summed E-state index contributed by atoms with van der Waals surface area (Å²) in [5.74, 6) is -1.94. The number of hydrogen-bond donors (Lipinski definition) is 2. The first-order valence-corrected chi connectivity index (χ1v) is 9.73. The highest BCUT2D eigenvalue weighted by Gasteiger charge is 2.30. The van der Waals surface area contributed by atoms with Gasteiger partial charge in [0.2, 0.25) is 11.8 Å². The fraction of sp³-hybridized carbons (Fsp3) is 0.200. The van der Waals surface area contributed by atoms with Crippen molar-refractivity contribution in [2.75, 3.05) is 12.4 Å². The molecular weight excluding hydrogens is 414 g/mol. The van der Waals surface area contributed by atoms with Crippen molar-refractivity contribution in [2.24, 2.45) is 10.2 Å². The zero-order valence-electron chi connectivity index (χ0n) is 16.1. The van der Waals surface area contributed by atoms with Gasteiger partial charge in [-0.1, -0.05) is 23.9 Å². The molecule has 1 heterocycles. The number of benzene rings is 2. The van der Waals surface area contributed by atoms with Crippen LogP contribution in [0.2, 0.25) is 0 Å². The van der Waals surface area contributed by atoms with E-state index < -0.39 is 28.7 Å². The van der Waals surface area contributed by atoms with Gasteiger partial charge in [-0.25, -0.2) is 8.78 Å². The van der Waals surface area contributed by atoms with Crippen molar-refractivity contribution in [3.8, 4) is 5.75 Å². The Hall–Kier alpha value is -3.27. The molecule has 3 rings (SSSR count). The molecule has 1 fully saturated rings. The summed E-state index contributed by atoms with van der Waals surface area (Å²) in [4.78, 5) is 24.4. The normalized spacial score (nSPS) is 18.1. The van der Waals surface area contributed by atoms with Gasteiger partial charge in [-0.2, -0.15) is 5.10 Å². The van der Waals surface area contributed by atoms with Crippen molar-refractivity contribution >= 4 is 40.1 Å². The number of nitrogens with one attached hydrogen (secondary N) is 2. The minimum Gasteiger partial charge on any atom is -0.494 e. The molecule has 1 saturated heterocycles. The Kier molecular flexibility index (Phi) is 6.78. The van der Waals surface area contributed by atoms with E-state index in [2.05, 4.69) is 20.8 Å². The second-order valence-corrected chi connectivity index (χ2v) is 7.46. The molecule has 0 unspecified atom stereocenters. The number of carbonyl (C=O) groups excluding carboxylic acids is 2. The Morgan fingerprint density at radius 2 is 2.00 bits per heavy atom. The molecule has 0 bridgehead atoms. The Bertz CT molecular complexity index is 1040. The molecule has 1 aliphatic heterocycles. The minimum absolute atomic E-state index is 0.0305. The van der Waals surface area contributed by atoms with Gasteiger partial charge in [0, 0.05) is 12.0 Å². The number of nitrogens with zero attached hydrogens (tertiary/aromatic N) is 2. The third-order valence-electron chi connectivity index (χ3n) is 4.16. The summed E-state index contributed by atoms with van der Waals surface area (Å²) in [5, 5.41) is 12.3. The van der Waals surface area contributed by atoms with Gasteiger partial charge < -0.3 is 15.4 Å². The largest absolute Gasteiger partial charge is 0.494 e. The van der Waals surface area contributed by atoms with Gasteiger partial charge in [0.1, 0.15) is 11.1 Å². The van der Waals surface area contributed by atoms with Gasteiger partial charge in [0.25, 0.3) is 0 Å². The highest BCUT2D eigenvalue weighted by molar-refractivity contribution is 8.15. The van der Waals surface area contributed by atoms with Crippen molar-refractivity contribution in [2.45, 2.75) is 18.6 Å². The lowest BCUT2D eigenvalue weighted by atomic mass is 10.1. The summed E-state index contributed by atoms with van der Waals surface area (Å²) in [6.45, 7) is 1.63. The van der Waals surface area contributed by atoms with Crippen molar-refractivity contribution in [3.05, 3.63) is 59.7 Å². The molecule has 2 amide bonds. The van der Waals surface area contributed by atoms with Gasteiger partial charge in [-0.05, 0) is 37.3 Å². The highest BCUT2D eigenvalue weighted by Crippen LogP contribution is 2.24. The molecule has 2 aromatic rings. The maximum absolute atomic E-state index is 13.9. The van der Waals surface area contributed by atoms with Crippen molar-refractivity contribution in [3.63, 3.8) is 0 Å². The molecule has 0 aliphatic carbocycles. The first-order valence-electron chi connectivity index (χ1n) is 8.85. The smallest absolute Gasteiger partial charge is 0.238 e. The summed E-state index contributed by atoms with van der Waals surface area (Å²) in [6, 6.07) is 10.1. The number of rotatable bonds is 5. The summed E-state index contributed by atoms with van der Waals surface area (Å²) in [6.07, 6.45) is -0.0869. The molecule has 0 spiro atoms. The van der Waals surface area contributed by atoms with E-state index in [1.54, 1.807) is 19.1 Å². The molecule has 30 heavy (non-hydrogen) atoms. The van der Waals surface area contributed by atoms with E-state index in [1.165, 1.54) is 37.4 Å². The Morgan fingerprint density at radius 1 is 1.23 bits per heavy atom. The van der Waals surface area contributed by atoms with Crippen LogP contribution >= 0.6 is 11.8 Å². The first kappa shape index (κ1) is 21.4.